The minimum Gasteiger partial charge on any atom is -0.278 e. The smallest absolute Gasteiger partial charge is 0.233 e. The van der Waals surface area contributed by atoms with Crippen LogP contribution < -0.4 is 0 Å². The highest BCUT2D eigenvalue weighted by Gasteiger charge is 2.38. The summed E-state index contributed by atoms with van der Waals surface area (Å²) in [6.07, 6.45) is 4.28. The van der Waals surface area contributed by atoms with Crippen LogP contribution in [-0.2, 0) is 28.0 Å². The first-order valence-corrected chi connectivity index (χ1v) is 8.67. The van der Waals surface area contributed by atoms with E-state index in [0.29, 0.717) is 19.4 Å². The maximum atomic E-state index is 12.6. The number of aromatic nitrogens is 1. The number of rotatable bonds is 4. The van der Waals surface area contributed by atoms with Crippen LogP contribution in [0.5, 0.6) is 0 Å². The minimum absolute atomic E-state index is 0.0752. The lowest BCUT2D eigenvalue weighted by atomic mass is 9.86. The Kier molecular flexibility index (Phi) is 4.71. The quantitative estimate of drug-likeness (QED) is 0.803. The van der Waals surface area contributed by atoms with E-state index >= 15 is 0 Å². The molecule has 1 unspecified atom stereocenters. The van der Waals surface area contributed by atoms with Gasteiger partial charge in [0.15, 0.2) is 0 Å². The van der Waals surface area contributed by atoms with Gasteiger partial charge in [-0.1, -0.05) is 51.1 Å². The third-order valence-electron chi connectivity index (χ3n) is 4.70. The van der Waals surface area contributed by atoms with Gasteiger partial charge in [0.1, 0.15) is 0 Å². The summed E-state index contributed by atoms with van der Waals surface area (Å²) in [6, 6.07) is 12.1. The molecule has 0 N–H and O–H groups in total. The summed E-state index contributed by atoms with van der Waals surface area (Å²) < 4.78 is 0. The fraction of sp³-hybridized carbons (Fsp3) is 0.381. The molecule has 0 aliphatic carbocycles. The largest absolute Gasteiger partial charge is 0.278 e. The zero-order chi connectivity index (χ0) is 18.0. The molecular formula is C21H24N2O2. The van der Waals surface area contributed by atoms with Crippen LogP contribution in [-0.4, -0.2) is 21.7 Å². The molecule has 2 heterocycles. The second-order valence-corrected chi connectivity index (χ2v) is 7.73. The first-order valence-electron chi connectivity index (χ1n) is 8.67. The number of pyridine rings is 1. The summed E-state index contributed by atoms with van der Waals surface area (Å²) >= 11 is 0. The first-order chi connectivity index (χ1) is 11.8. The van der Waals surface area contributed by atoms with Gasteiger partial charge >= 0.3 is 0 Å². The highest BCUT2D eigenvalue weighted by Crippen LogP contribution is 2.27. The fourth-order valence-corrected chi connectivity index (χ4v) is 3.18. The van der Waals surface area contributed by atoms with E-state index in [1.54, 1.807) is 12.4 Å². The third kappa shape index (κ3) is 3.95. The maximum absolute atomic E-state index is 12.6. The molecule has 0 saturated carbocycles. The Bertz CT molecular complexity index is 761. The highest BCUT2D eigenvalue weighted by atomic mass is 16.2. The molecule has 1 aromatic carbocycles. The number of likely N-dealkylation sites (tertiary alicyclic amines) is 1. The molecule has 2 aromatic rings. The predicted molar refractivity (Wildman–Crippen MR) is 96.7 cm³/mol. The summed E-state index contributed by atoms with van der Waals surface area (Å²) in [5.74, 6) is -0.427. The molecule has 3 rings (SSSR count). The lowest BCUT2D eigenvalue weighted by Crippen LogP contribution is -2.30. The number of hydrogen-bond acceptors (Lipinski definition) is 3. The van der Waals surface area contributed by atoms with Gasteiger partial charge in [-0.25, -0.2) is 0 Å². The normalized spacial score (nSPS) is 18.0. The molecule has 1 aromatic heterocycles. The number of carbonyl (C=O) groups is 2. The van der Waals surface area contributed by atoms with E-state index in [2.05, 4.69) is 50.0 Å². The monoisotopic (exact) mass is 336 g/mol. The Morgan fingerprint density at radius 1 is 1.08 bits per heavy atom. The van der Waals surface area contributed by atoms with Crippen LogP contribution in [0.15, 0.2) is 48.8 Å². The van der Waals surface area contributed by atoms with Gasteiger partial charge in [0, 0.05) is 18.8 Å². The lowest BCUT2D eigenvalue weighted by molar-refractivity contribution is -0.140. The summed E-state index contributed by atoms with van der Waals surface area (Å²) in [7, 11) is 0. The Labute approximate surface area is 148 Å². The molecule has 2 amide bonds. The van der Waals surface area contributed by atoms with Crippen LogP contribution in [0.4, 0.5) is 0 Å². The molecule has 1 aliphatic rings. The van der Waals surface area contributed by atoms with E-state index in [9.17, 15) is 9.59 Å². The minimum atomic E-state index is -0.260. The molecule has 130 valence electrons. The van der Waals surface area contributed by atoms with Crippen LogP contribution in [0.1, 0.15) is 43.9 Å². The van der Waals surface area contributed by atoms with Crippen molar-refractivity contribution in [3.05, 3.63) is 65.5 Å². The summed E-state index contributed by atoms with van der Waals surface area (Å²) in [4.78, 5) is 30.3. The van der Waals surface area contributed by atoms with Crippen molar-refractivity contribution in [1.29, 1.82) is 0 Å². The van der Waals surface area contributed by atoms with E-state index in [0.717, 1.165) is 11.1 Å². The molecule has 1 atom stereocenters. The van der Waals surface area contributed by atoms with Crippen LogP contribution in [0, 0.1) is 5.92 Å². The van der Waals surface area contributed by atoms with E-state index in [1.165, 1.54) is 10.5 Å². The number of hydrogen-bond donors (Lipinski definition) is 0. The summed E-state index contributed by atoms with van der Waals surface area (Å²) in [5.41, 5.74) is 3.35. The van der Waals surface area contributed by atoms with Crippen molar-refractivity contribution >= 4 is 11.8 Å². The second-order valence-electron chi connectivity index (χ2n) is 7.73. The molecule has 4 nitrogen and oxygen atoms in total. The Morgan fingerprint density at radius 3 is 2.40 bits per heavy atom. The van der Waals surface area contributed by atoms with Gasteiger partial charge < -0.3 is 0 Å². The Morgan fingerprint density at radius 2 is 1.80 bits per heavy atom. The van der Waals surface area contributed by atoms with Gasteiger partial charge in [0.05, 0.1) is 12.5 Å². The number of benzene rings is 1. The van der Waals surface area contributed by atoms with E-state index in [1.807, 2.05) is 12.1 Å². The Balaban J connectivity index is 1.68. The third-order valence-corrected chi connectivity index (χ3v) is 4.70. The topological polar surface area (TPSA) is 50.3 Å². The van der Waals surface area contributed by atoms with E-state index in [4.69, 9.17) is 0 Å². The fourth-order valence-electron chi connectivity index (χ4n) is 3.18. The van der Waals surface area contributed by atoms with Crippen LogP contribution in [0.3, 0.4) is 0 Å². The number of nitrogens with zero attached hydrogens (tertiary/aromatic N) is 2. The summed E-state index contributed by atoms with van der Waals surface area (Å²) in [5, 5.41) is 0. The van der Waals surface area contributed by atoms with Crippen molar-refractivity contribution in [2.24, 2.45) is 5.92 Å². The van der Waals surface area contributed by atoms with E-state index < -0.39 is 0 Å². The first kappa shape index (κ1) is 17.3. The molecule has 1 saturated heterocycles. The molecular weight excluding hydrogens is 312 g/mol. The maximum Gasteiger partial charge on any atom is 0.233 e. The van der Waals surface area contributed by atoms with Crippen LogP contribution in [0.2, 0.25) is 0 Å². The van der Waals surface area contributed by atoms with E-state index in [-0.39, 0.29) is 23.1 Å². The Hall–Kier alpha value is -2.49. The van der Waals surface area contributed by atoms with Crippen LogP contribution in [0.25, 0.3) is 0 Å². The van der Waals surface area contributed by atoms with Crippen molar-refractivity contribution in [2.45, 2.75) is 45.6 Å². The zero-order valence-electron chi connectivity index (χ0n) is 15.0. The average molecular weight is 336 g/mol. The molecule has 1 aliphatic heterocycles. The van der Waals surface area contributed by atoms with Crippen LogP contribution >= 0.6 is 0 Å². The molecule has 25 heavy (non-hydrogen) atoms. The van der Waals surface area contributed by atoms with Crippen molar-refractivity contribution in [3.8, 4) is 0 Å². The number of imide groups is 1. The molecule has 0 spiro atoms. The molecule has 1 fully saturated rings. The summed E-state index contributed by atoms with van der Waals surface area (Å²) in [6.45, 7) is 6.84. The molecule has 4 heteroatoms. The van der Waals surface area contributed by atoms with Gasteiger partial charge in [-0.2, -0.15) is 0 Å². The van der Waals surface area contributed by atoms with Crippen molar-refractivity contribution < 1.29 is 9.59 Å². The van der Waals surface area contributed by atoms with Gasteiger partial charge in [-0.3, -0.25) is 19.5 Å². The van der Waals surface area contributed by atoms with Crippen molar-refractivity contribution in [2.75, 3.05) is 0 Å². The number of carbonyl (C=O) groups excluding carboxylic acids is 2. The van der Waals surface area contributed by atoms with Gasteiger partial charge in [0.2, 0.25) is 11.8 Å². The van der Waals surface area contributed by atoms with Gasteiger partial charge in [0.25, 0.3) is 0 Å². The zero-order valence-corrected chi connectivity index (χ0v) is 15.0. The van der Waals surface area contributed by atoms with Gasteiger partial charge in [-0.05, 0) is 34.6 Å². The SMILES string of the molecule is CC(C)(C)c1ccc(CC2CC(=O)N(Cc3cccnc3)C2=O)cc1. The standard InChI is InChI=1S/C21H24N2O2/c1-21(2,3)18-8-6-15(7-9-18)11-17-12-19(24)23(20(17)25)14-16-5-4-10-22-13-16/h4-10,13,17H,11-12,14H2,1-3H3. The van der Waals surface area contributed by atoms with Gasteiger partial charge in [-0.15, -0.1) is 0 Å². The lowest BCUT2D eigenvalue weighted by Gasteiger charge is -2.19. The molecule has 0 radical (unpaired) electrons. The second kappa shape index (κ2) is 6.79. The number of amides is 2. The predicted octanol–water partition coefficient (Wildman–Crippen LogP) is 3.50. The molecule has 0 bridgehead atoms. The highest BCUT2D eigenvalue weighted by molar-refractivity contribution is 6.03. The van der Waals surface area contributed by atoms with Crippen molar-refractivity contribution in [1.82, 2.24) is 9.88 Å². The van der Waals surface area contributed by atoms with Crippen molar-refractivity contribution in [3.63, 3.8) is 0 Å². The average Bonchev–Trinajstić information content (AvgIpc) is 2.83.